The van der Waals surface area contributed by atoms with Crippen molar-refractivity contribution in [3.8, 4) is 0 Å². The van der Waals surface area contributed by atoms with Gasteiger partial charge >= 0.3 is 0 Å². The summed E-state index contributed by atoms with van der Waals surface area (Å²) in [6.45, 7) is 4.14. The molecule has 0 saturated heterocycles. The van der Waals surface area contributed by atoms with E-state index in [0.29, 0.717) is 11.7 Å². The third kappa shape index (κ3) is 2.31. The minimum Gasteiger partial charge on any atom is -0.397 e. The van der Waals surface area contributed by atoms with Gasteiger partial charge in [0.2, 0.25) is 0 Å². The molecule has 0 unspecified atom stereocenters. The number of rotatable bonds is 4. The molecule has 0 aliphatic heterocycles. The second kappa shape index (κ2) is 3.85. The van der Waals surface area contributed by atoms with Crippen LogP contribution in [0.15, 0.2) is 6.07 Å². The Kier molecular flexibility index (Phi) is 2.69. The summed E-state index contributed by atoms with van der Waals surface area (Å²) >= 11 is 1.48. The zero-order valence-corrected chi connectivity index (χ0v) is 9.86. The van der Waals surface area contributed by atoms with Gasteiger partial charge in [0.25, 0.3) is 0 Å². The van der Waals surface area contributed by atoms with Crippen LogP contribution in [-0.4, -0.2) is 11.8 Å². The maximum Gasteiger partial charge on any atom is 0.178 e. The number of thiophene rings is 1. The van der Waals surface area contributed by atoms with Crippen molar-refractivity contribution in [2.45, 2.75) is 32.7 Å². The van der Waals surface area contributed by atoms with Gasteiger partial charge in [-0.3, -0.25) is 4.79 Å². The van der Waals surface area contributed by atoms with Crippen molar-refractivity contribution in [2.75, 3.05) is 11.1 Å². The first kappa shape index (κ1) is 10.5. The fourth-order valence-corrected chi connectivity index (χ4v) is 2.63. The van der Waals surface area contributed by atoms with E-state index in [-0.39, 0.29) is 11.7 Å². The van der Waals surface area contributed by atoms with E-state index in [1.165, 1.54) is 11.3 Å². The number of anilines is 2. The van der Waals surface area contributed by atoms with Crippen LogP contribution in [0.25, 0.3) is 0 Å². The predicted molar refractivity (Wildman–Crippen MR) is 64.5 cm³/mol. The molecule has 82 valence electrons. The Morgan fingerprint density at radius 3 is 2.80 bits per heavy atom. The van der Waals surface area contributed by atoms with Crippen LogP contribution in [0, 0.1) is 5.92 Å². The third-order valence-electron chi connectivity index (χ3n) is 2.36. The van der Waals surface area contributed by atoms with Gasteiger partial charge in [-0.05, 0) is 32.8 Å². The average molecular weight is 224 g/mol. The van der Waals surface area contributed by atoms with Gasteiger partial charge in [0, 0.05) is 12.0 Å². The number of Topliss-reactive ketones (excluding diaryl/α,β-unsaturated/α-hetero) is 1. The number of nitrogens with two attached hydrogens (primary N) is 1. The predicted octanol–water partition coefficient (Wildman–Crippen LogP) is 2.74. The molecule has 1 fully saturated rings. The Balaban J connectivity index is 2.17. The van der Waals surface area contributed by atoms with E-state index in [2.05, 4.69) is 19.2 Å². The van der Waals surface area contributed by atoms with Crippen molar-refractivity contribution >= 4 is 27.8 Å². The van der Waals surface area contributed by atoms with Gasteiger partial charge in [-0.25, -0.2) is 0 Å². The summed E-state index contributed by atoms with van der Waals surface area (Å²) in [6, 6.07) is 2.23. The van der Waals surface area contributed by atoms with Crippen molar-refractivity contribution in [1.82, 2.24) is 0 Å². The van der Waals surface area contributed by atoms with Crippen LogP contribution in [-0.2, 0) is 0 Å². The summed E-state index contributed by atoms with van der Waals surface area (Å²) in [7, 11) is 0. The molecule has 0 aromatic carbocycles. The Morgan fingerprint density at radius 2 is 2.27 bits per heavy atom. The second-order valence-corrected chi connectivity index (χ2v) is 5.38. The number of carbonyl (C=O) groups is 1. The van der Waals surface area contributed by atoms with Crippen LogP contribution in [0.4, 0.5) is 10.7 Å². The first-order valence-corrected chi connectivity index (χ1v) is 6.09. The maximum atomic E-state index is 11.8. The van der Waals surface area contributed by atoms with Crippen LogP contribution in [0.3, 0.4) is 0 Å². The maximum absolute atomic E-state index is 11.8. The lowest BCUT2D eigenvalue weighted by molar-refractivity contribution is 0.0972. The van der Waals surface area contributed by atoms with Crippen LogP contribution >= 0.6 is 11.3 Å². The number of hydrogen-bond acceptors (Lipinski definition) is 4. The fraction of sp³-hybridized carbons (Fsp3) is 0.545. The molecule has 1 aromatic heterocycles. The number of hydrogen-bond donors (Lipinski definition) is 2. The summed E-state index contributed by atoms with van der Waals surface area (Å²) < 4.78 is 0. The van der Waals surface area contributed by atoms with Crippen molar-refractivity contribution in [2.24, 2.45) is 5.92 Å². The lowest BCUT2D eigenvalue weighted by Crippen LogP contribution is -2.07. The molecule has 4 heteroatoms. The molecule has 1 aliphatic rings. The van der Waals surface area contributed by atoms with Gasteiger partial charge in [0.15, 0.2) is 5.78 Å². The Morgan fingerprint density at radius 1 is 1.60 bits per heavy atom. The molecule has 2 rings (SSSR count). The first-order valence-electron chi connectivity index (χ1n) is 5.28. The summed E-state index contributed by atoms with van der Waals surface area (Å²) in [5.41, 5.74) is 6.46. The van der Waals surface area contributed by atoms with Crippen LogP contribution in [0.2, 0.25) is 0 Å². The van der Waals surface area contributed by atoms with Gasteiger partial charge in [0.05, 0.1) is 15.6 Å². The highest BCUT2D eigenvalue weighted by Gasteiger charge is 2.32. The minimum absolute atomic E-state index is 0.231. The van der Waals surface area contributed by atoms with Gasteiger partial charge in [-0.1, -0.05) is 0 Å². The molecule has 0 bridgehead atoms. The molecular weight excluding hydrogens is 208 g/mol. The number of ketones is 1. The van der Waals surface area contributed by atoms with Crippen molar-refractivity contribution in [3.63, 3.8) is 0 Å². The zero-order valence-electron chi connectivity index (χ0n) is 9.04. The first-order chi connectivity index (χ1) is 7.08. The molecule has 1 heterocycles. The van der Waals surface area contributed by atoms with Gasteiger partial charge in [-0.2, -0.15) is 0 Å². The van der Waals surface area contributed by atoms with E-state index >= 15 is 0 Å². The van der Waals surface area contributed by atoms with Crippen molar-refractivity contribution in [1.29, 1.82) is 0 Å². The molecule has 15 heavy (non-hydrogen) atoms. The highest BCUT2D eigenvalue weighted by Crippen LogP contribution is 2.38. The smallest absolute Gasteiger partial charge is 0.178 e. The summed E-state index contributed by atoms with van der Waals surface area (Å²) in [6.07, 6.45) is 2.06. The number of nitrogen functional groups attached to an aromatic ring is 1. The van der Waals surface area contributed by atoms with Crippen molar-refractivity contribution in [3.05, 3.63) is 10.9 Å². The van der Waals surface area contributed by atoms with E-state index < -0.39 is 0 Å². The third-order valence-corrected chi connectivity index (χ3v) is 3.46. The molecule has 0 radical (unpaired) electrons. The van der Waals surface area contributed by atoms with Crippen LogP contribution in [0.1, 0.15) is 36.4 Å². The quantitative estimate of drug-likeness (QED) is 0.773. The lowest BCUT2D eigenvalue weighted by atomic mass is 10.2. The molecule has 0 atom stereocenters. The number of carbonyl (C=O) groups excluding carboxylic acids is 1. The van der Waals surface area contributed by atoms with Crippen LogP contribution < -0.4 is 11.1 Å². The number of nitrogens with one attached hydrogen (secondary N) is 1. The standard InChI is InChI=1S/C11H16N2OS/c1-6(2)13-9-5-8(12)11(15-9)10(14)7-3-4-7/h5-7,13H,3-4,12H2,1-2H3. The highest BCUT2D eigenvalue weighted by atomic mass is 32.1. The van der Waals surface area contributed by atoms with E-state index in [9.17, 15) is 4.79 Å². The molecule has 1 aliphatic carbocycles. The molecule has 3 N–H and O–H groups in total. The largest absolute Gasteiger partial charge is 0.397 e. The van der Waals surface area contributed by atoms with Gasteiger partial charge in [-0.15, -0.1) is 11.3 Å². The SMILES string of the molecule is CC(C)Nc1cc(N)c(C(=O)C2CC2)s1. The second-order valence-electron chi connectivity index (χ2n) is 4.33. The lowest BCUT2D eigenvalue weighted by Gasteiger charge is -2.05. The summed E-state index contributed by atoms with van der Waals surface area (Å²) in [4.78, 5) is 12.6. The monoisotopic (exact) mass is 224 g/mol. The van der Waals surface area contributed by atoms with E-state index in [1.54, 1.807) is 0 Å². The van der Waals surface area contributed by atoms with E-state index in [0.717, 1.165) is 22.7 Å². The molecule has 3 nitrogen and oxygen atoms in total. The van der Waals surface area contributed by atoms with Crippen LogP contribution in [0.5, 0.6) is 0 Å². The Hall–Kier alpha value is -1.03. The Bertz CT molecular complexity index is 380. The molecule has 0 amide bonds. The fourth-order valence-electron chi connectivity index (χ4n) is 1.48. The van der Waals surface area contributed by atoms with Crippen molar-refractivity contribution < 1.29 is 4.79 Å². The Labute approximate surface area is 93.7 Å². The minimum atomic E-state index is 0.231. The molecule has 0 spiro atoms. The topological polar surface area (TPSA) is 55.1 Å². The van der Waals surface area contributed by atoms with E-state index in [1.807, 2.05) is 6.07 Å². The molecule has 1 aromatic rings. The normalized spacial score (nSPS) is 15.7. The van der Waals surface area contributed by atoms with E-state index in [4.69, 9.17) is 5.73 Å². The molecule has 1 saturated carbocycles. The summed E-state index contributed by atoms with van der Waals surface area (Å²) in [5.74, 6) is 0.479. The molecular formula is C11H16N2OS. The highest BCUT2D eigenvalue weighted by molar-refractivity contribution is 7.18. The zero-order chi connectivity index (χ0) is 11.0. The van der Waals surface area contributed by atoms with Gasteiger partial charge in [0.1, 0.15) is 0 Å². The average Bonchev–Trinajstić information content (AvgIpc) is 2.90. The van der Waals surface area contributed by atoms with Gasteiger partial charge < -0.3 is 11.1 Å². The summed E-state index contributed by atoms with van der Waals surface area (Å²) in [5, 5.41) is 4.26.